The van der Waals surface area contributed by atoms with Gasteiger partial charge in [0.25, 0.3) is 0 Å². The lowest BCUT2D eigenvalue weighted by Gasteiger charge is -2.02. The topological polar surface area (TPSA) is 52.3 Å². The van der Waals surface area contributed by atoms with Crippen LogP contribution in [-0.2, 0) is 4.74 Å². The third-order valence-electron chi connectivity index (χ3n) is 1.41. The third kappa shape index (κ3) is 3.05. The zero-order valence-electron chi connectivity index (χ0n) is 7.00. The van der Waals surface area contributed by atoms with Gasteiger partial charge in [0.1, 0.15) is 6.61 Å². The van der Waals surface area contributed by atoms with Crippen LogP contribution < -0.4 is 5.73 Å². The van der Waals surface area contributed by atoms with Crippen LogP contribution in [0.15, 0.2) is 24.3 Å². The molecule has 4 heteroatoms. The predicted octanol–water partition coefficient (Wildman–Crippen LogP) is 1.46. The number of nitrogens with two attached hydrogens (primary N) is 1. The first-order valence-corrected chi connectivity index (χ1v) is 4.24. The minimum Gasteiger partial charge on any atom is -0.461 e. The highest BCUT2D eigenvalue weighted by atomic mass is 35.5. The second kappa shape index (κ2) is 4.84. The van der Waals surface area contributed by atoms with Crippen molar-refractivity contribution in [2.24, 2.45) is 5.73 Å². The van der Waals surface area contributed by atoms with Crippen molar-refractivity contribution in [2.75, 3.05) is 13.2 Å². The van der Waals surface area contributed by atoms with Crippen LogP contribution in [0.3, 0.4) is 0 Å². The number of esters is 1. The molecular formula is C9H10ClNO2. The fourth-order valence-corrected chi connectivity index (χ4v) is 1.04. The van der Waals surface area contributed by atoms with Crippen molar-refractivity contribution in [2.45, 2.75) is 0 Å². The maximum absolute atomic E-state index is 11.2. The highest BCUT2D eigenvalue weighted by Crippen LogP contribution is 2.11. The van der Waals surface area contributed by atoms with Gasteiger partial charge < -0.3 is 10.5 Å². The van der Waals surface area contributed by atoms with Gasteiger partial charge in [0.2, 0.25) is 0 Å². The zero-order valence-corrected chi connectivity index (χ0v) is 7.75. The Morgan fingerprint density at radius 1 is 1.54 bits per heavy atom. The van der Waals surface area contributed by atoms with Gasteiger partial charge in [-0.2, -0.15) is 0 Å². The van der Waals surface area contributed by atoms with Crippen molar-refractivity contribution < 1.29 is 9.53 Å². The van der Waals surface area contributed by atoms with E-state index in [9.17, 15) is 4.79 Å². The first-order valence-electron chi connectivity index (χ1n) is 3.87. The summed E-state index contributed by atoms with van der Waals surface area (Å²) in [5.74, 6) is -0.395. The average molecular weight is 200 g/mol. The molecule has 70 valence electrons. The summed E-state index contributed by atoms with van der Waals surface area (Å²) in [4.78, 5) is 11.2. The van der Waals surface area contributed by atoms with Crippen LogP contribution in [0.2, 0.25) is 5.02 Å². The molecule has 0 saturated carbocycles. The van der Waals surface area contributed by atoms with E-state index in [1.54, 1.807) is 24.3 Å². The van der Waals surface area contributed by atoms with E-state index < -0.39 is 5.97 Å². The van der Waals surface area contributed by atoms with E-state index in [1.165, 1.54) is 0 Å². The standard InChI is InChI=1S/C9H10ClNO2/c10-8-3-1-2-7(6-8)9(12)13-5-4-11/h1-3,6H,4-5,11H2. The van der Waals surface area contributed by atoms with Gasteiger partial charge in [-0.3, -0.25) is 0 Å². The Labute approximate surface area is 81.4 Å². The van der Waals surface area contributed by atoms with E-state index in [2.05, 4.69) is 0 Å². The molecule has 0 saturated heterocycles. The molecule has 1 rings (SSSR count). The van der Waals surface area contributed by atoms with Crippen molar-refractivity contribution in [1.29, 1.82) is 0 Å². The van der Waals surface area contributed by atoms with Crippen molar-refractivity contribution in [3.63, 3.8) is 0 Å². The zero-order chi connectivity index (χ0) is 9.68. The van der Waals surface area contributed by atoms with Crippen LogP contribution in [0.5, 0.6) is 0 Å². The summed E-state index contributed by atoms with van der Waals surface area (Å²) in [5.41, 5.74) is 5.63. The predicted molar refractivity (Wildman–Crippen MR) is 50.8 cm³/mol. The van der Waals surface area contributed by atoms with Gasteiger partial charge in [-0.1, -0.05) is 17.7 Å². The molecule has 0 amide bonds. The Morgan fingerprint density at radius 2 is 2.31 bits per heavy atom. The van der Waals surface area contributed by atoms with Crippen molar-refractivity contribution >= 4 is 17.6 Å². The van der Waals surface area contributed by atoms with Crippen molar-refractivity contribution in [1.82, 2.24) is 0 Å². The molecular weight excluding hydrogens is 190 g/mol. The molecule has 0 heterocycles. The molecule has 0 fully saturated rings. The fourth-order valence-electron chi connectivity index (χ4n) is 0.850. The maximum Gasteiger partial charge on any atom is 0.338 e. The van der Waals surface area contributed by atoms with E-state index in [-0.39, 0.29) is 6.61 Å². The Kier molecular flexibility index (Phi) is 3.73. The highest BCUT2D eigenvalue weighted by Gasteiger charge is 2.05. The Hall–Kier alpha value is -1.06. The maximum atomic E-state index is 11.2. The van der Waals surface area contributed by atoms with Gasteiger partial charge in [-0.05, 0) is 18.2 Å². The number of ether oxygens (including phenoxy) is 1. The molecule has 13 heavy (non-hydrogen) atoms. The van der Waals surface area contributed by atoms with Gasteiger partial charge in [-0.25, -0.2) is 4.79 Å². The lowest BCUT2D eigenvalue weighted by molar-refractivity contribution is 0.0517. The van der Waals surface area contributed by atoms with Crippen LogP contribution in [0.4, 0.5) is 0 Å². The van der Waals surface area contributed by atoms with Crippen LogP contribution in [0, 0.1) is 0 Å². The molecule has 0 bridgehead atoms. The summed E-state index contributed by atoms with van der Waals surface area (Å²) in [5, 5.41) is 0.516. The highest BCUT2D eigenvalue weighted by molar-refractivity contribution is 6.30. The molecule has 1 aromatic carbocycles. The van der Waals surface area contributed by atoms with E-state index in [0.29, 0.717) is 17.1 Å². The Bertz CT molecular complexity index is 301. The van der Waals surface area contributed by atoms with Gasteiger partial charge in [0, 0.05) is 11.6 Å². The quantitative estimate of drug-likeness (QED) is 0.750. The molecule has 2 N–H and O–H groups in total. The van der Waals surface area contributed by atoms with Crippen LogP contribution in [-0.4, -0.2) is 19.1 Å². The molecule has 0 aliphatic rings. The molecule has 0 aliphatic carbocycles. The van der Waals surface area contributed by atoms with E-state index >= 15 is 0 Å². The number of hydrogen-bond donors (Lipinski definition) is 1. The Balaban J connectivity index is 2.66. The number of halogens is 1. The minimum absolute atomic E-state index is 0.228. The smallest absolute Gasteiger partial charge is 0.338 e. The second-order valence-corrected chi connectivity index (χ2v) is 2.87. The molecule has 0 atom stereocenters. The number of hydrogen-bond acceptors (Lipinski definition) is 3. The van der Waals surface area contributed by atoms with Gasteiger partial charge >= 0.3 is 5.97 Å². The Morgan fingerprint density at radius 3 is 2.92 bits per heavy atom. The fraction of sp³-hybridized carbons (Fsp3) is 0.222. The van der Waals surface area contributed by atoms with E-state index in [4.69, 9.17) is 22.1 Å². The largest absolute Gasteiger partial charge is 0.461 e. The van der Waals surface area contributed by atoms with Gasteiger partial charge in [0.15, 0.2) is 0 Å². The normalized spacial score (nSPS) is 9.69. The average Bonchev–Trinajstić information content (AvgIpc) is 2.14. The lowest BCUT2D eigenvalue weighted by atomic mass is 10.2. The van der Waals surface area contributed by atoms with Crippen LogP contribution >= 0.6 is 11.6 Å². The van der Waals surface area contributed by atoms with E-state index in [1.807, 2.05) is 0 Å². The number of benzene rings is 1. The first kappa shape index (κ1) is 10.0. The van der Waals surface area contributed by atoms with Crippen LogP contribution in [0.1, 0.15) is 10.4 Å². The summed E-state index contributed by atoms with van der Waals surface area (Å²) >= 11 is 5.69. The number of rotatable bonds is 3. The molecule has 0 unspecified atom stereocenters. The molecule has 0 aromatic heterocycles. The number of carbonyl (C=O) groups is 1. The summed E-state index contributed by atoms with van der Waals surface area (Å²) in [6.45, 7) is 0.553. The molecule has 3 nitrogen and oxygen atoms in total. The van der Waals surface area contributed by atoms with Crippen molar-refractivity contribution in [3.05, 3.63) is 34.9 Å². The van der Waals surface area contributed by atoms with Gasteiger partial charge in [-0.15, -0.1) is 0 Å². The molecule has 1 aromatic rings. The molecule has 0 spiro atoms. The van der Waals surface area contributed by atoms with E-state index in [0.717, 1.165) is 0 Å². The monoisotopic (exact) mass is 199 g/mol. The summed E-state index contributed by atoms with van der Waals surface area (Å²) in [6.07, 6.45) is 0. The number of carbonyl (C=O) groups excluding carboxylic acids is 1. The summed E-state index contributed by atoms with van der Waals surface area (Å²) in [6, 6.07) is 6.59. The van der Waals surface area contributed by atoms with Gasteiger partial charge in [0.05, 0.1) is 5.56 Å². The SMILES string of the molecule is NCCOC(=O)c1cccc(Cl)c1. The molecule has 0 radical (unpaired) electrons. The van der Waals surface area contributed by atoms with Crippen molar-refractivity contribution in [3.8, 4) is 0 Å². The summed E-state index contributed by atoms with van der Waals surface area (Å²) in [7, 11) is 0. The lowest BCUT2D eigenvalue weighted by Crippen LogP contribution is -2.13. The first-order chi connectivity index (χ1) is 6.24. The second-order valence-electron chi connectivity index (χ2n) is 2.43. The molecule has 0 aliphatic heterocycles. The third-order valence-corrected chi connectivity index (χ3v) is 1.65. The minimum atomic E-state index is -0.395. The van der Waals surface area contributed by atoms with Crippen LogP contribution in [0.25, 0.3) is 0 Å². The summed E-state index contributed by atoms with van der Waals surface area (Å²) < 4.78 is 4.81.